The minimum atomic E-state index is -0.376. The van der Waals surface area contributed by atoms with Crippen molar-refractivity contribution in [2.24, 2.45) is 5.10 Å². The zero-order valence-electron chi connectivity index (χ0n) is 22.7. The van der Waals surface area contributed by atoms with E-state index < -0.39 is 0 Å². The first kappa shape index (κ1) is 30.2. The van der Waals surface area contributed by atoms with E-state index in [2.05, 4.69) is 33.1 Å². The summed E-state index contributed by atoms with van der Waals surface area (Å²) in [6.07, 6.45) is 1.56. The molecular weight excluding hydrogens is 655 g/mol. The second-order valence-corrected chi connectivity index (χ2v) is 10.3. The number of carbonyl (C=O) groups is 1. The average Bonchev–Trinajstić information content (AvgIpc) is 2.98. The molecule has 0 aliphatic heterocycles. The molecule has 0 fully saturated rings. The van der Waals surface area contributed by atoms with E-state index in [0.29, 0.717) is 60.0 Å². The van der Waals surface area contributed by atoms with E-state index in [1.54, 1.807) is 24.4 Å². The molecule has 0 radical (unpaired) electrons. The Bertz CT molecular complexity index is 1480. The van der Waals surface area contributed by atoms with Gasteiger partial charge in [0.1, 0.15) is 13.2 Å². The van der Waals surface area contributed by atoms with Crippen LogP contribution in [-0.4, -0.2) is 25.3 Å². The van der Waals surface area contributed by atoms with Gasteiger partial charge >= 0.3 is 0 Å². The lowest BCUT2D eigenvalue weighted by molar-refractivity contribution is 0.0954. The van der Waals surface area contributed by atoms with Crippen LogP contribution in [0.15, 0.2) is 90.0 Å². The van der Waals surface area contributed by atoms with Gasteiger partial charge in [0.15, 0.2) is 23.0 Å². The fraction of sp³-hybridized carbons (Fsp3) is 0.188. The molecule has 1 N–H and O–H groups in total. The first-order valence-corrected chi connectivity index (χ1v) is 14.5. The maximum absolute atomic E-state index is 12.8. The van der Waals surface area contributed by atoms with Crippen LogP contribution in [0.2, 0.25) is 5.02 Å². The summed E-state index contributed by atoms with van der Waals surface area (Å²) in [4.78, 5) is 12.8. The van der Waals surface area contributed by atoms with Gasteiger partial charge in [0.25, 0.3) is 5.91 Å². The van der Waals surface area contributed by atoms with Crippen LogP contribution < -0.4 is 24.4 Å². The van der Waals surface area contributed by atoms with E-state index in [1.165, 1.54) is 0 Å². The van der Waals surface area contributed by atoms with Crippen molar-refractivity contribution in [3.8, 4) is 23.0 Å². The van der Waals surface area contributed by atoms with Crippen molar-refractivity contribution in [2.75, 3.05) is 13.2 Å². The fourth-order valence-electron chi connectivity index (χ4n) is 3.80. The van der Waals surface area contributed by atoms with Crippen LogP contribution in [0.3, 0.4) is 0 Å². The number of amides is 1. The monoisotopic (exact) mass is 684 g/mol. The van der Waals surface area contributed by atoms with E-state index in [-0.39, 0.29) is 5.91 Å². The van der Waals surface area contributed by atoms with Gasteiger partial charge in [-0.25, -0.2) is 5.43 Å². The van der Waals surface area contributed by atoms with Gasteiger partial charge in [-0.1, -0.05) is 54.1 Å². The normalized spacial score (nSPS) is 10.8. The van der Waals surface area contributed by atoms with Gasteiger partial charge in [-0.2, -0.15) is 5.10 Å². The topological polar surface area (TPSA) is 78.4 Å². The summed E-state index contributed by atoms with van der Waals surface area (Å²) in [6.45, 7) is 5.46. The second-order valence-electron chi connectivity index (χ2n) is 8.75. The molecule has 0 aromatic heterocycles. The number of nitrogens with zero attached hydrogens (tertiary/aromatic N) is 1. The van der Waals surface area contributed by atoms with Crippen LogP contribution in [0.4, 0.5) is 0 Å². The van der Waals surface area contributed by atoms with Gasteiger partial charge in [-0.05, 0) is 95.6 Å². The van der Waals surface area contributed by atoms with Crippen LogP contribution >= 0.6 is 34.2 Å². The van der Waals surface area contributed by atoms with Crippen LogP contribution in [0.1, 0.15) is 40.9 Å². The van der Waals surface area contributed by atoms with E-state index in [4.69, 9.17) is 30.5 Å². The molecule has 4 aromatic carbocycles. The largest absolute Gasteiger partial charge is 0.490 e. The number of hydrogen-bond donors (Lipinski definition) is 1. The predicted molar refractivity (Wildman–Crippen MR) is 170 cm³/mol. The molecule has 4 aromatic rings. The van der Waals surface area contributed by atoms with Gasteiger partial charge in [0.05, 0.1) is 23.0 Å². The highest BCUT2D eigenvalue weighted by Gasteiger charge is 2.14. The van der Waals surface area contributed by atoms with Crippen molar-refractivity contribution < 1.29 is 23.7 Å². The summed E-state index contributed by atoms with van der Waals surface area (Å²) in [5.41, 5.74) is 5.75. The number of nitrogens with one attached hydrogen (secondary N) is 1. The molecule has 0 bridgehead atoms. The number of hydrazone groups is 1. The van der Waals surface area contributed by atoms with E-state index in [1.807, 2.05) is 80.6 Å². The number of hydrogen-bond acceptors (Lipinski definition) is 6. The summed E-state index contributed by atoms with van der Waals surface area (Å²) in [6, 6.07) is 26.1. The zero-order valence-corrected chi connectivity index (χ0v) is 25.6. The summed E-state index contributed by atoms with van der Waals surface area (Å²) in [5.74, 6) is 1.91. The molecule has 0 spiro atoms. The molecule has 0 aliphatic carbocycles. The van der Waals surface area contributed by atoms with Crippen molar-refractivity contribution in [1.29, 1.82) is 0 Å². The third kappa shape index (κ3) is 8.86. The smallest absolute Gasteiger partial charge is 0.271 e. The lowest BCUT2D eigenvalue weighted by atomic mass is 10.2. The maximum atomic E-state index is 12.8. The van der Waals surface area contributed by atoms with E-state index in [0.717, 1.165) is 20.3 Å². The number of rotatable bonds is 13. The Morgan fingerprint density at radius 2 is 1.49 bits per heavy atom. The van der Waals surface area contributed by atoms with Gasteiger partial charge in [0.2, 0.25) is 0 Å². The Balaban J connectivity index is 1.42. The fourth-order valence-corrected chi connectivity index (χ4v) is 4.71. The third-order valence-electron chi connectivity index (χ3n) is 5.75. The van der Waals surface area contributed by atoms with Gasteiger partial charge in [-0.3, -0.25) is 4.79 Å². The molecule has 41 heavy (non-hydrogen) atoms. The molecule has 7 nitrogen and oxygen atoms in total. The standard InChI is InChI=1S/C32H30ClIN2O5/c1-3-38-29-18-25(12-15-28(29)40-20-22-8-6-5-7-9-22)32(37)36-35-19-24-16-27(34)31(30(17-24)39-4-2)41-21-23-10-13-26(33)14-11-23/h5-19H,3-4,20-21H2,1-2H3,(H,36,37)/b35-19+. The molecule has 0 unspecified atom stereocenters. The number of benzene rings is 4. The first-order valence-electron chi connectivity index (χ1n) is 13.1. The summed E-state index contributed by atoms with van der Waals surface area (Å²) in [5, 5.41) is 4.83. The van der Waals surface area contributed by atoms with Crippen LogP contribution in [0, 0.1) is 3.57 Å². The molecular formula is C32H30ClIN2O5. The number of halogens is 2. The van der Waals surface area contributed by atoms with Gasteiger partial charge in [0, 0.05) is 10.6 Å². The number of carbonyl (C=O) groups excluding carboxylic acids is 1. The molecule has 0 heterocycles. The highest BCUT2D eigenvalue weighted by atomic mass is 127. The highest BCUT2D eigenvalue weighted by molar-refractivity contribution is 14.1. The van der Waals surface area contributed by atoms with E-state index >= 15 is 0 Å². The molecule has 9 heteroatoms. The summed E-state index contributed by atoms with van der Waals surface area (Å²) in [7, 11) is 0. The van der Waals surface area contributed by atoms with Gasteiger partial charge < -0.3 is 18.9 Å². The van der Waals surface area contributed by atoms with Crippen molar-refractivity contribution in [3.63, 3.8) is 0 Å². The molecule has 1 amide bonds. The third-order valence-corrected chi connectivity index (χ3v) is 6.80. The Hall–Kier alpha value is -3.76. The first-order chi connectivity index (χ1) is 20.0. The second kappa shape index (κ2) is 15.3. The SMILES string of the molecule is CCOc1cc(C(=O)N/N=C/c2cc(I)c(OCc3ccc(Cl)cc3)c(OCC)c2)ccc1OCc1ccccc1. The van der Waals surface area contributed by atoms with Crippen molar-refractivity contribution in [1.82, 2.24) is 5.43 Å². The summed E-state index contributed by atoms with van der Waals surface area (Å²) >= 11 is 8.18. The summed E-state index contributed by atoms with van der Waals surface area (Å²) < 4.78 is 24.4. The maximum Gasteiger partial charge on any atom is 0.271 e. The van der Waals surface area contributed by atoms with Crippen molar-refractivity contribution in [3.05, 3.63) is 116 Å². The molecule has 0 saturated carbocycles. The Kier molecular flexibility index (Phi) is 11.3. The van der Waals surface area contributed by atoms with Crippen molar-refractivity contribution in [2.45, 2.75) is 27.1 Å². The average molecular weight is 685 g/mol. The quantitative estimate of drug-likeness (QED) is 0.0889. The van der Waals surface area contributed by atoms with Crippen LogP contribution in [0.25, 0.3) is 0 Å². The van der Waals surface area contributed by atoms with Crippen LogP contribution in [-0.2, 0) is 13.2 Å². The van der Waals surface area contributed by atoms with E-state index in [9.17, 15) is 4.79 Å². The minimum Gasteiger partial charge on any atom is -0.490 e. The number of ether oxygens (including phenoxy) is 4. The molecule has 4 rings (SSSR count). The molecule has 0 saturated heterocycles. The lowest BCUT2D eigenvalue weighted by Crippen LogP contribution is -2.17. The lowest BCUT2D eigenvalue weighted by Gasteiger charge is -2.15. The highest BCUT2D eigenvalue weighted by Crippen LogP contribution is 2.35. The van der Waals surface area contributed by atoms with Gasteiger partial charge in [-0.15, -0.1) is 0 Å². The van der Waals surface area contributed by atoms with Crippen molar-refractivity contribution >= 4 is 46.3 Å². The zero-order chi connectivity index (χ0) is 29.0. The minimum absolute atomic E-state index is 0.372. The molecule has 0 atom stereocenters. The predicted octanol–water partition coefficient (Wildman–Crippen LogP) is 7.66. The Morgan fingerprint density at radius 1 is 0.805 bits per heavy atom. The Morgan fingerprint density at radius 3 is 2.22 bits per heavy atom. The molecule has 212 valence electrons. The van der Waals surface area contributed by atoms with Crippen LogP contribution in [0.5, 0.6) is 23.0 Å². The Labute approximate surface area is 258 Å². The molecule has 0 aliphatic rings.